The second kappa shape index (κ2) is 12.0. The molecule has 0 aliphatic heterocycles. The molecular formula is C26H37NO4S2. The van der Waals surface area contributed by atoms with Gasteiger partial charge in [0.05, 0.1) is 4.90 Å². The van der Waals surface area contributed by atoms with Crippen LogP contribution in [0.25, 0.3) is 0 Å². The van der Waals surface area contributed by atoms with Gasteiger partial charge in [-0.1, -0.05) is 84.0 Å². The minimum absolute atomic E-state index is 0.0596. The van der Waals surface area contributed by atoms with Crippen molar-refractivity contribution in [2.45, 2.75) is 75.9 Å². The summed E-state index contributed by atoms with van der Waals surface area (Å²) in [5, 5.41) is 8.95. The van der Waals surface area contributed by atoms with Gasteiger partial charge in [-0.05, 0) is 46.4 Å². The fourth-order valence-corrected chi connectivity index (χ4v) is 6.51. The maximum Gasteiger partial charge on any atom is 0.316 e. The standard InChI is InChI=1S/C26H37NO4S2/c1-17(2)21-15-22(18(3)4)25(23(16-21)19(5)6)33(30,31)27-12-13-32-24(26(28)29)14-20-10-8-7-9-11-20/h7-11,15-19,24,27H,12-14H2,1-6H3,(H,28,29). The maximum absolute atomic E-state index is 13.4. The molecule has 0 spiro atoms. The van der Waals surface area contributed by atoms with E-state index < -0.39 is 21.2 Å². The Morgan fingerprint density at radius 1 is 0.939 bits per heavy atom. The predicted molar refractivity (Wildman–Crippen MR) is 138 cm³/mol. The highest BCUT2D eigenvalue weighted by molar-refractivity contribution is 8.00. The summed E-state index contributed by atoms with van der Waals surface area (Å²) in [6.07, 6.45) is 0.402. The minimum atomic E-state index is -3.74. The quantitative estimate of drug-likeness (QED) is 0.369. The number of nitrogens with one attached hydrogen (secondary N) is 1. The molecule has 0 aliphatic rings. The van der Waals surface area contributed by atoms with Crippen LogP contribution in [-0.4, -0.2) is 37.0 Å². The normalized spacial score (nSPS) is 13.1. The van der Waals surface area contributed by atoms with Gasteiger partial charge in [0.15, 0.2) is 0 Å². The Morgan fingerprint density at radius 3 is 1.94 bits per heavy atom. The lowest BCUT2D eigenvalue weighted by atomic mass is 9.89. The van der Waals surface area contributed by atoms with Gasteiger partial charge in [-0.15, -0.1) is 11.8 Å². The van der Waals surface area contributed by atoms with E-state index >= 15 is 0 Å². The van der Waals surface area contributed by atoms with Crippen molar-refractivity contribution in [3.05, 3.63) is 64.7 Å². The molecule has 0 saturated carbocycles. The zero-order valence-corrected chi connectivity index (χ0v) is 22.1. The van der Waals surface area contributed by atoms with Crippen LogP contribution in [0.3, 0.4) is 0 Å². The largest absolute Gasteiger partial charge is 0.480 e. The number of sulfonamides is 1. The zero-order valence-electron chi connectivity index (χ0n) is 20.5. The van der Waals surface area contributed by atoms with Gasteiger partial charge in [-0.2, -0.15) is 0 Å². The molecule has 1 unspecified atom stereocenters. The summed E-state index contributed by atoms with van der Waals surface area (Å²) in [6.45, 7) is 12.5. The summed E-state index contributed by atoms with van der Waals surface area (Å²) in [6, 6.07) is 13.5. The van der Waals surface area contributed by atoms with Crippen molar-refractivity contribution in [3.8, 4) is 0 Å². The van der Waals surface area contributed by atoms with Crippen LogP contribution in [-0.2, 0) is 21.2 Å². The van der Waals surface area contributed by atoms with Crippen LogP contribution in [0.1, 0.15) is 81.5 Å². The lowest BCUT2D eigenvalue weighted by molar-refractivity contribution is -0.136. The third-order valence-electron chi connectivity index (χ3n) is 5.60. The van der Waals surface area contributed by atoms with Crippen molar-refractivity contribution in [2.24, 2.45) is 0 Å². The Morgan fingerprint density at radius 2 is 1.48 bits per heavy atom. The van der Waals surface area contributed by atoms with Crippen LogP contribution in [0.4, 0.5) is 0 Å². The first-order valence-corrected chi connectivity index (χ1v) is 14.0. The first kappa shape index (κ1) is 27.4. The van der Waals surface area contributed by atoms with Crippen LogP contribution >= 0.6 is 11.8 Å². The molecule has 2 N–H and O–H groups in total. The van der Waals surface area contributed by atoms with Crippen LogP contribution in [0, 0.1) is 0 Å². The Hall–Kier alpha value is -1.83. The number of benzene rings is 2. The summed E-state index contributed by atoms with van der Waals surface area (Å²) >= 11 is 1.26. The van der Waals surface area contributed by atoms with E-state index in [4.69, 9.17) is 0 Å². The summed E-state index contributed by atoms with van der Waals surface area (Å²) in [4.78, 5) is 12.1. The van der Waals surface area contributed by atoms with E-state index in [0.29, 0.717) is 23.0 Å². The highest BCUT2D eigenvalue weighted by atomic mass is 32.2. The van der Waals surface area contributed by atoms with E-state index in [9.17, 15) is 18.3 Å². The van der Waals surface area contributed by atoms with Crippen LogP contribution in [0.2, 0.25) is 0 Å². The number of carboxylic acids is 1. The SMILES string of the molecule is CC(C)c1cc(C(C)C)c(S(=O)(=O)NCCSC(Cc2ccccc2)C(=O)O)c(C(C)C)c1. The molecule has 0 radical (unpaired) electrons. The molecule has 0 saturated heterocycles. The van der Waals surface area contributed by atoms with Gasteiger partial charge in [0.2, 0.25) is 10.0 Å². The molecule has 0 fully saturated rings. The second-order valence-corrected chi connectivity index (χ2v) is 12.3. The summed E-state index contributed by atoms with van der Waals surface area (Å²) in [7, 11) is -3.74. The molecule has 0 aromatic heterocycles. The van der Waals surface area contributed by atoms with Gasteiger partial charge in [0.25, 0.3) is 0 Å². The van der Waals surface area contributed by atoms with E-state index in [-0.39, 0.29) is 18.4 Å². The molecular weight excluding hydrogens is 454 g/mol. The summed E-state index contributed by atoms with van der Waals surface area (Å²) in [5.41, 5.74) is 3.75. The number of aliphatic carboxylic acids is 1. The van der Waals surface area contributed by atoms with E-state index in [2.05, 4.69) is 18.6 Å². The number of carboxylic acid groups (broad SMARTS) is 1. The number of carbonyl (C=O) groups is 1. The fraction of sp³-hybridized carbons (Fsp3) is 0.500. The van der Waals surface area contributed by atoms with E-state index in [1.807, 2.05) is 70.2 Å². The average molecular weight is 492 g/mol. The molecule has 5 nitrogen and oxygen atoms in total. The van der Waals surface area contributed by atoms with E-state index in [1.54, 1.807) is 0 Å². The van der Waals surface area contributed by atoms with E-state index in [0.717, 1.165) is 22.3 Å². The Kier molecular flexibility index (Phi) is 10.0. The molecule has 0 bridgehead atoms. The topological polar surface area (TPSA) is 83.5 Å². The van der Waals surface area contributed by atoms with Crippen molar-refractivity contribution < 1.29 is 18.3 Å². The number of thioether (sulfide) groups is 1. The monoisotopic (exact) mass is 491 g/mol. The highest BCUT2D eigenvalue weighted by Gasteiger charge is 2.27. The zero-order chi connectivity index (χ0) is 24.8. The van der Waals surface area contributed by atoms with E-state index in [1.165, 1.54) is 11.8 Å². The fourth-order valence-electron chi connectivity index (χ4n) is 3.69. The predicted octanol–water partition coefficient (Wildman–Crippen LogP) is 5.76. The molecule has 0 aliphatic carbocycles. The molecule has 0 heterocycles. The van der Waals surface area contributed by atoms with Gasteiger partial charge < -0.3 is 5.11 Å². The Labute approximate surface area is 203 Å². The average Bonchev–Trinajstić information content (AvgIpc) is 2.75. The van der Waals surface area contributed by atoms with Crippen molar-refractivity contribution in [3.63, 3.8) is 0 Å². The Balaban J connectivity index is 2.19. The van der Waals surface area contributed by atoms with Gasteiger partial charge in [-0.25, -0.2) is 13.1 Å². The van der Waals surface area contributed by atoms with Crippen molar-refractivity contribution in [2.75, 3.05) is 12.3 Å². The van der Waals surface area contributed by atoms with Crippen LogP contribution in [0.15, 0.2) is 47.4 Å². The highest BCUT2D eigenvalue weighted by Crippen LogP contribution is 2.35. The van der Waals surface area contributed by atoms with Crippen LogP contribution < -0.4 is 4.72 Å². The van der Waals surface area contributed by atoms with Crippen molar-refractivity contribution in [1.82, 2.24) is 4.72 Å². The lowest BCUT2D eigenvalue weighted by Crippen LogP contribution is -2.30. The smallest absolute Gasteiger partial charge is 0.316 e. The summed E-state index contributed by atoms with van der Waals surface area (Å²) < 4.78 is 29.5. The molecule has 2 aromatic carbocycles. The number of hydrogen-bond donors (Lipinski definition) is 2. The first-order chi connectivity index (χ1) is 15.4. The third kappa shape index (κ3) is 7.59. The molecule has 33 heavy (non-hydrogen) atoms. The molecule has 0 amide bonds. The van der Waals surface area contributed by atoms with Gasteiger partial charge in [0.1, 0.15) is 5.25 Å². The van der Waals surface area contributed by atoms with Gasteiger partial charge in [0, 0.05) is 12.3 Å². The van der Waals surface area contributed by atoms with Crippen LogP contribution in [0.5, 0.6) is 0 Å². The van der Waals surface area contributed by atoms with Gasteiger partial charge in [-0.3, -0.25) is 4.79 Å². The molecule has 2 rings (SSSR count). The van der Waals surface area contributed by atoms with Gasteiger partial charge >= 0.3 is 5.97 Å². The minimum Gasteiger partial charge on any atom is -0.480 e. The third-order valence-corrected chi connectivity index (χ3v) is 8.40. The number of rotatable bonds is 12. The number of hydrogen-bond acceptors (Lipinski definition) is 4. The first-order valence-electron chi connectivity index (χ1n) is 11.5. The lowest BCUT2D eigenvalue weighted by Gasteiger charge is -2.23. The molecule has 7 heteroatoms. The maximum atomic E-state index is 13.4. The Bertz CT molecular complexity index is 1000. The van der Waals surface area contributed by atoms with Crippen molar-refractivity contribution >= 4 is 27.8 Å². The summed E-state index contributed by atoms with van der Waals surface area (Å²) in [5.74, 6) is -0.0890. The molecule has 182 valence electrons. The molecule has 1 atom stereocenters. The second-order valence-electron chi connectivity index (χ2n) is 9.28. The molecule has 2 aromatic rings. The van der Waals surface area contributed by atoms with Crippen molar-refractivity contribution in [1.29, 1.82) is 0 Å².